The maximum atomic E-state index is 12.1. The smallest absolute Gasteiger partial charge is 0.288 e. The molecule has 0 saturated carbocycles. The molecule has 8 heteroatoms. The van der Waals surface area contributed by atoms with Gasteiger partial charge in [-0.25, -0.2) is 4.98 Å². The Morgan fingerprint density at radius 3 is 3.05 bits per heavy atom. The van der Waals surface area contributed by atoms with Crippen molar-refractivity contribution in [3.05, 3.63) is 33.1 Å². The lowest BCUT2D eigenvalue weighted by Gasteiger charge is -2.27. The van der Waals surface area contributed by atoms with Gasteiger partial charge in [0.2, 0.25) is 0 Å². The maximum absolute atomic E-state index is 12.1. The van der Waals surface area contributed by atoms with Crippen molar-refractivity contribution in [3.63, 3.8) is 0 Å². The molecule has 1 saturated heterocycles. The van der Waals surface area contributed by atoms with E-state index < -0.39 is 10.8 Å². The second kappa shape index (κ2) is 6.15. The Hall–Kier alpha value is -1.73. The lowest BCUT2D eigenvalue weighted by Crippen LogP contribution is -2.41. The predicted octanol–water partition coefficient (Wildman–Crippen LogP) is 1.94. The lowest BCUT2D eigenvalue weighted by atomic mass is 10.0. The third-order valence-corrected chi connectivity index (χ3v) is 3.40. The number of nitro groups is 1. The highest BCUT2D eigenvalue weighted by atomic mass is 35.5. The standard InChI is InChI=1S/C12H14ClN3O4/c1-7-4-8(2-3-20-7)15-12(17)10-5-9(16(18)19)6-14-11(10)13/h5-8H,2-4H2,1H3,(H,15,17). The van der Waals surface area contributed by atoms with Crippen molar-refractivity contribution in [3.8, 4) is 0 Å². The van der Waals surface area contributed by atoms with Crippen molar-refractivity contribution in [1.82, 2.24) is 10.3 Å². The summed E-state index contributed by atoms with van der Waals surface area (Å²) in [4.78, 5) is 25.9. The molecular weight excluding hydrogens is 286 g/mol. The molecule has 1 aliphatic heterocycles. The largest absolute Gasteiger partial charge is 0.378 e. The van der Waals surface area contributed by atoms with Gasteiger partial charge in [0, 0.05) is 18.7 Å². The van der Waals surface area contributed by atoms with Crippen molar-refractivity contribution in [2.75, 3.05) is 6.61 Å². The van der Waals surface area contributed by atoms with Gasteiger partial charge in [-0.1, -0.05) is 11.6 Å². The molecule has 1 fully saturated rings. The van der Waals surface area contributed by atoms with Crippen LogP contribution in [0.15, 0.2) is 12.3 Å². The summed E-state index contributed by atoms with van der Waals surface area (Å²) in [6, 6.07) is 1.11. The molecule has 0 aromatic carbocycles. The average Bonchev–Trinajstić information content (AvgIpc) is 2.38. The molecule has 108 valence electrons. The number of rotatable bonds is 3. The summed E-state index contributed by atoms with van der Waals surface area (Å²) in [7, 11) is 0. The van der Waals surface area contributed by atoms with Crippen LogP contribution < -0.4 is 5.32 Å². The van der Waals surface area contributed by atoms with E-state index in [4.69, 9.17) is 16.3 Å². The van der Waals surface area contributed by atoms with Gasteiger partial charge in [0.1, 0.15) is 11.3 Å². The van der Waals surface area contributed by atoms with Crippen LogP contribution in [0.1, 0.15) is 30.1 Å². The quantitative estimate of drug-likeness (QED) is 0.523. The van der Waals surface area contributed by atoms with Crippen molar-refractivity contribution >= 4 is 23.2 Å². The minimum atomic E-state index is -0.614. The minimum absolute atomic E-state index is 0.0139. The zero-order chi connectivity index (χ0) is 14.7. The van der Waals surface area contributed by atoms with Crippen molar-refractivity contribution in [1.29, 1.82) is 0 Å². The first kappa shape index (κ1) is 14.7. The first-order valence-electron chi connectivity index (χ1n) is 6.19. The summed E-state index contributed by atoms with van der Waals surface area (Å²) in [6.45, 7) is 2.51. The van der Waals surface area contributed by atoms with Gasteiger partial charge in [-0.3, -0.25) is 14.9 Å². The van der Waals surface area contributed by atoms with Crippen LogP contribution in [-0.2, 0) is 4.74 Å². The summed E-state index contributed by atoms with van der Waals surface area (Å²) in [5.41, 5.74) is -0.250. The SMILES string of the molecule is CC1CC(NC(=O)c2cc([N+](=O)[O-])cnc2Cl)CCO1. The molecule has 7 nitrogen and oxygen atoms in total. The van der Waals surface area contributed by atoms with Gasteiger partial charge in [-0.15, -0.1) is 0 Å². The Kier molecular flexibility index (Phi) is 4.51. The molecule has 2 rings (SSSR count). The van der Waals surface area contributed by atoms with E-state index in [1.54, 1.807) is 0 Å². The number of pyridine rings is 1. The van der Waals surface area contributed by atoms with E-state index in [0.717, 1.165) is 12.3 Å². The average molecular weight is 300 g/mol. The van der Waals surface area contributed by atoms with E-state index in [1.165, 1.54) is 0 Å². The number of hydrogen-bond donors (Lipinski definition) is 1. The molecule has 1 aliphatic rings. The Morgan fingerprint density at radius 1 is 1.65 bits per heavy atom. The summed E-state index contributed by atoms with van der Waals surface area (Å²) in [5, 5.41) is 13.5. The van der Waals surface area contributed by atoms with Crippen LogP contribution in [-0.4, -0.2) is 34.6 Å². The fourth-order valence-corrected chi connectivity index (χ4v) is 2.28. The van der Waals surface area contributed by atoms with E-state index >= 15 is 0 Å². The molecule has 1 aromatic rings. The first-order valence-corrected chi connectivity index (χ1v) is 6.57. The van der Waals surface area contributed by atoms with Gasteiger partial charge in [0.05, 0.1) is 16.6 Å². The van der Waals surface area contributed by atoms with E-state index in [0.29, 0.717) is 19.4 Å². The Balaban J connectivity index is 2.12. The summed E-state index contributed by atoms with van der Waals surface area (Å²) < 4.78 is 5.39. The van der Waals surface area contributed by atoms with E-state index in [2.05, 4.69) is 10.3 Å². The van der Waals surface area contributed by atoms with Gasteiger partial charge in [-0.2, -0.15) is 0 Å². The molecule has 2 unspecified atom stereocenters. The second-order valence-electron chi connectivity index (χ2n) is 4.67. The molecule has 0 spiro atoms. The number of hydrogen-bond acceptors (Lipinski definition) is 5. The van der Waals surface area contributed by atoms with Crippen molar-refractivity contribution in [2.45, 2.75) is 31.9 Å². The Morgan fingerprint density at radius 2 is 2.40 bits per heavy atom. The van der Waals surface area contributed by atoms with Crippen LogP contribution in [0, 0.1) is 10.1 Å². The van der Waals surface area contributed by atoms with Crippen molar-refractivity contribution in [2.24, 2.45) is 0 Å². The number of nitrogens with zero attached hydrogens (tertiary/aromatic N) is 2. The molecule has 1 aromatic heterocycles. The Labute approximate surface area is 120 Å². The molecule has 1 N–H and O–H groups in total. The van der Waals surface area contributed by atoms with Crippen molar-refractivity contribution < 1.29 is 14.5 Å². The van der Waals surface area contributed by atoms with Crippen LogP contribution >= 0.6 is 11.6 Å². The number of halogens is 1. The van der Waals surface area contributed by atoms with E-state index in [1.807, 2.05) is 6.92 Å². The first-order chi connectivity index (χ1) is 9.47. The molecule has 2 heterocycles. The second-order valence-corrected chi connectivity index (χ2v) is 5.02. The third-order valence-electron chi connectivity index (χ3n) is 3.10. The Bertz CT molecular complexity index is 537. The maximum Gasteiger partial charge on any atom is 0.288 e. The number of nitrogens with one attached hydrogen (secondary N) is 1. The normalized spacial score (nSPS) is 22.3. The summed E-state index contributed by atoms with van der Waals surface area (Å²) in [5.74, 6) is -0.453. The highest BCUT2D eigenvalue weighted by Crippen LogP contribution is 2.20. The fraction of sp³-hybridized carbons (Fsp3) is 0.500. The minimum Gasteiger partial charge on any atom is -0.378 e. The molecule has 2 atom stereocenters. The highest BCUT2D eigenvalue weighted by Gasteiger charge is 2.23. The highest BCUT2D eigenvalue weighted by molar-refractivity contribution is 6.32. The topological polar surface area (TPSA) is 94.4 Å². The van der Waals surface area contributed by atoms with Gasteiger partial charge < -0.3 is 10.1 Å². The zero-order valence-electron chi connectivity index (χ0n) is 10.8. The number of carbonyl (C=O) groups excluding carboxylic acids is 1. The van der Waals surface area contributed by atoms with Gasteiger partial charge in [0.25, 0.3) is 11.6 Å². The summed E-state index contributed by atoms with van der Waals surface area (Å²) >= 11 is 5.82. The summed E-state index contributed by atoms with van der Waals surface area (Å²) in [6.07, 6.45) is 2.50. The van der Waals surface area contributed by atoms with Crippen LogP contribution in [0.25, 0.3) is 0 Å². The predicted molar refractivity (Wildman–Crippen MR) is 71.8 cm³/mol. The van der Waals surface area contributed by atoms with Crippen LogP contribution in [0.4, 0.5) is 5.69 Å². The van der Waals surface area contributed by atoms with E-state index in [9.17, 15) is 14.9 Å². The zero-order valence-corrected chi connectivity index (χ0v) is 11.6. The molecule has 20 heavy (non-hydrogen) atoms. The van der Waals surface area contributed by atoms with Gasteiger partial charge in [-0.05, 0) is 19.8 Å². The number of amides is 1. The number of ether oxygens (including phenoxy) is 1. The molecule has 0 aliphatic carbocycles. The molecule has 1 amide bonds. The third kappa shape index (κ3) is 3.43. The lowest BCUT2D eigenvalue weighted by molar-refractivity contribution is -0.385. The van der Waals surface area contributed by atoms with Crippen LogP contribution in [0.5, 0.6) is 0 Å². The molecule has 0 radical (unpaired) electrons. The number of aromatic nitrogens is 1. The van der Waals surface area contributed by atoms with Crippen LogP contribution in [0.2, 0.25) is 5.15 Å². The monoisotopic (exact) mass is 299 g/mol. The van der Waals surface area contributed by atoms with Gasteiger partial charge >= 0.3 is 0 Å². The molecular formula is C12H14ClN3O4. The molecule has 0 bridgehead atoms. The number of carbonyl (C=O) groups is 1. The fourth-order valence-electron chi connectivity index (χ4n) is 2.09. The van der Waals surface area contributed by atoms with E-state index in [-0.39, 0.29) is 28.5 Å². The van der Waals surface area contributed by atoms with Gasteiger partial charge in [0.15, 0.2) is 0 Å². The van der Waals surface area contributed by atoms with Crippen LogP contribution in [0.3, 0.4) is 0 Å².